The van der Waals surface area contributed by atoms with Crippen LogP contribution in [-0.2, 0) is 32.6 Å². The van der Waals surface area contributed by atoms with Gasteiger partial charge in [-0.25, -0.2) is 8.42 Å². The van der Waals surface area contributed by atoms with Gasteiger partial charge in [0.1, 0.15) is 12.6 Å². The van der Waals surface area contributed by atoms with Gasteiger partial charge >= 0.3 is 0 Å². The van der Waals surface area contributed by atoms with Crippen LogP contribution in [0.15, 0.2) is 48.5 Å². The summed E-state index contributed by atoms with van der Waals surface area (Å²) in [7, 11) is -3.75. The van der Waals surface area contributed by atoms with Crippen molar-refractivity contribution < 1.29 is 18.0 Å². The first-order valence-corrected chi connectivity index (χ1v) is 15.3. The topological polar surface area (TPSA) is 86.8 Å². The Kier molecular flexibility index (Phi) is 10.4. The second-order valence-corrected chi connectivity index (χ2v) is 12.0. The van der Waals surface area contributed by atoms with Crippen LogP contribution in [0.5, 0.6) is 0 Å². The Balaban J connectivity index is 1.89. The largest absolute Gasteiger partial charge is 0.352 e. The summed E-state index contributed by atoms with van der Waals surface area (Å²) in [6.07, 6.45) is 7.51. The van der Waals surface area contributed by atoms with E-state index in [0.29, 0.717) is 17.1 Å². The first-order chi connectivity index (χ1) is 17.6. The third-order valence-electron chi connectivity index (χ3n) is 6.92. The summed E-state index contributed by atoms with van der Waals surface area (Å²) in [6.45, 7) is 3.65. The minimum Gasteiger partial charge on any atom is -0.352 e. The Labute approximate surface area is 226 Å². The Morgan fingerprint density at radius 1 is 0.973 bits per heavy atom. The molecule has 1 fully saturated rings. The van der Waals surface area contributed by atoms with Crippen LogP contribution < -0.4 is 9.62 Å². The number of nitrogens with one attached hydrogen (secondary N) is 1. The van der Waals surface area contributed by atoms with Gasteiger partial charge in [-0.3, -0.25) is 13.9 Å². The lowest BCUT2D eigenvalue weighted by Crippen LogP contribution is -2.53. The molecular weight excluding hydrogens is 510 g/mol. The standard InChI is InChI=1S/C28H38ClN3O4S/c1-4-21-13-17-25(18-14-21)32(37(3,35)36)20-27(33)31(19-22-11-15-23(29)16-12-22)26(5-2)28(34)30-24-9-7-6-8-10-24/h11-18,24,26H,4-10,19-20H2,1-3H3,(H,30,34). The molecule has 2 amide bonds. The number of aryl methyl sites for hydroxylation is 1. The molecule has 1 atom stereocenters. The highest BCUT2D eigenvalue weighted by Crippen LogP contribution is 2.22. The van der Waals surface area contributed by atoms with Gasteiger partial charge in [0.2, 0.25) is 21.8 Å². The molecule has 2 aromatic rings. The smallest absolute Gasteiger partial charge is 0.244 e. The highest BCUT2D eigenvalue weighted by molar-refractivity contribution is 7.92. The lowest BCUT2D eigenvalue weighted by Gasteiger charge is -2.34. The second kappa shape index (κ2) is 13.3. The molecule has 1 aliphatic rings. The number of sulfonamides is 1. The van der Waals surface area contributed by atoms with E-state index in [1.807, 2.05) is 38.1 Å². The van der Waals surface area contributed by atoms with Gasteiger partial charge in [0, 0.05) is 17.6 Å². The Hall–Kier alpha value is -2.58. The molecule has 0 aliphatic heterocycles. The summed E-state index contributed by atoms with van der Waals surface area (Å²) < 4.78 is 26.6. The number of benzene rings is 2. The number of carbonyl (C=O) groups is 2. The summed E-state index contributed by atoms with van der Waals surface area (Å²) in [6, 6.07) is 13.6. The molecule has 3 rings (SSSR count). The number of hydrogen-bond donors (Lipinski definition) is 1. The van der Waals surface area contributed by atoms with Gasteiger partial charge in [0.25, 0.3) is 0 Å². The normalized spacial score (nSPS) is 15.1. The lowest BCUT2D eigenvalue weighted by atomic mass is 9.95. The molecule has 0 aromatic heterocycles. The van der Waals surface area contributed by atoms with Gasteiger partial charge in [0.15, 0.2) is 0 Å². The molecule has 0 radical (unpaired) electrons. The van der Waals surface area contributed by atoms with Crippen molar-refractivity contribution in [3.05, 3.63) is 64.7 Å². The van der Waals surface area contributed by atoms with E-state index in [1.54, 1.807) is 24.3 Å². The number of amides is 2. The molecule has 1 unspecified atom stereocenters. The van der Waals surface area contributed by atoms with Gasteiger partial charge in [-0.05, 0) is 61.1 Å². The van der Waals surface area contributed by atoms with Crippen molar-refractivity contribution in [2.75, 3.05) is 17.1 Å². The van der Waals surface area contributed by atoms with Gasteiger partial charge in [-0.15, -0.1) is 0 Å². The molecule has 1 saturated carbocycles. The Bertz CT molecular complexity index is 1150. The van der Waals surface area contributed by atoms with E-state index in [2.05, 4.69) is 5.32 Å². The highest BCUT2D eigenvalue weighted by Gasteiger charge is 2.32. The van der Waals surface area contributed by atoms with Crippen LogP contribution in [0.2, 0.25) is 5.02 Å². The van der Waals surface area contributed by atoms with Crippen molar-refractivity contribution in [3.8, 4) is 0 Å². The fraction of sp³-hybridized carbons (Fsp3) is 0.500. The minimum absolute atomic E-state index is 0.104. The van der Waals surface area contributed by atoms with Crippen LogP contribution in [0.25, 0.3) is 0 Å². The van der Waals surface area contributed by atoms with Gasteiger partial charge in [-0.2, -0.15) is 0 Å². The SMILES string of the molecule is CCc1ccc(N(CC(=O)N(Cc2ccc(Cl)cc2)C(CC)C(=O)NC2CCCCC2)S(C)(=O)=O)cc1. The molecule has 7 nitrogen and oxygen atoms in total. The van der Waals surface area contributed by atoms with E-state index in [1.165, 1.54) is 11.3 Å². The third kappa shape index (κ3) is 8.20. The highest BCUT2D eigenvalue weighted by atomic mass is 35.5. The number of rotatable bonds is 11. The minimum atomic E-state index is -3.75. The molecule has 2 aromatic carbocycles. The van der Waals surface area contributed by atoms with Crippen molar-refractivity contribution in [2.24, 2.45) is 0 Å². The van der Waals surface area contributed by atoms with Crippen molar-refractivity contribution >= 4 is 39.1 Å². The van der Waals surface area contributed by atoms with Crippen molar-refractivity contribution in [1.29, 1.82) is 0 Å². The molecule has 0 saturated heterocycles. The van der Waals surface area contributed by atoms with E-state index in [4.69, 9.17) is 11.6 Å². The van der Waals surface area contributed by atoms with Crippen LogP contribution in [-0.4, -0.2) is 50.0 Å². The molecule has 1 N–H and O–H groups in total. The van der Waals surface area contributed by atoms with Crippen LogP contribution in [0.3, 0.4) is 0 Å². The molecule has 9 heteroatoms. The summed E-state index contributed by atoms with van der Waals surface area (Å²) in [5.41, 5.74) is 2.29. The average Bonchev–Trinajstić information content (AvgIpc) is 2.88. The van der Waals surface area contributed by atoms with Crippen molar-refractivity contribution in [2.45, 2.75) is 77.4 Å². The maximum atomic E-state index is 13.8. The summed E-state index contributed by atoms with van der Waals surface area (Å²) in [4.78, 5) is 28.7. The number of halogens is 1. The second-order valence-electron chi connectivity index (χ2n) is 9.71. The maximum absolute atomic E-state index is 13.8. The fourth-order valence-electron chi connectivity index (χ4n) is 4.76. The third-order valence-corrected chi connectivity index (χ3v) is 8.31. The van der Waals surface area contributed by atoms with E-state index >= 15 is 0 Å². The molecule has 1 aliphatic carbocycles. The molecule has 0 bridgehead atoms. The number of nitrogens with zero attached hydrogens (tertiary/aromatic N) is 2. The molecule has 37 heavy (non-hydrogen) atoms. The maximum Gasteiger partial charge on any atom is 0.244 e. The fourth-order valence-corrected chi connectivity index (χ4v) is 5.74. The predicted molar refractivity (Wildman–Crippen MR) is 149 cm³/mol. The predicted octanol–water partition coefficient (Wildman–Crippen LogP) is 4.92. The first-order valence-electron chi connectivity index (χ1n) is 13.0. The van der Waals surface area contributed by atoms with E-state index < -0.39 is 28.5 Å². The van der Waals surface area contributed by atoms with Crippen LogP contribution in [0.4, 0.5) is 5.69 Å². The van der Waals surface area contributed by atoms with Gasteiger partial charge < -0.3 is 10.2 Å². The zero-order chi connectivity index (χ0) is 27.0. The zero-order valence-corrected chi connectivity index (χ0v) is 23.5. The Morgan fingerprint density at radius 2 is 1.57 bits per heavy atom. The summed E-state index contributed by atoms with van der Waals surface area (Å²) >= 11 is 6.05. The van der Waals surface area contributed by atoms with Crippen molar-refractivity contribution in [3.63, 3.8) is 0 Å². The number of carbonyl (C=O) groups excluding carboxylic acids is 2. The molecule has 0 spiro atoms. The van der Waals surface area contributed by atoms with E-state index in [0.717, 1.165) is 53.8 Å². The van der Waals surface area contributed by atoms with E-state index in [-0.39, 0.29) is 18.5 Å². The molecule has 0 heterocycles. The number of hydrogen-bond acceptors (Lipinski definition) is 4. The lowest BCUT2D eigenvalue weighted by molar-refractivity contribution is -0.140. The van der Waals surface area contributed by atoms with E-state index in [9.17, 15) is 18.0 Å². The Morgan fingerprint density at radius 3 is 2.11 bits per heavy atom. The average molecular weight is 548 g/mol. The van der Waals surface area contributed by atoms with Crippen LogP contribution >= 0.6 is 11.6 Å². The van der Waals surface area contributed by atoms with Crippen molar-refractivity contribution in [1.82, 2.24) is 10.2 Å². The summed E-state index contributed by atoms with van der Waals surface area (Å²) in [5.74, 6) is -0.638. The molecule has 202 valence electrons. The van der Waals surface area contributed by atoms with Crippen LogP contribution in [0, 0.1) is 0 Å². The zero-order valence-electron chi connectivity index (χ0n) is 22.0. The van der Waals surface area contributed by atoms with Gasteiger partial charge in [-0.1, -0.05) is 69.0 Å². The van der Waals surface area contributed by atoms with Crippen LogP contribution in [0.1, 0.15) is 63.5 Å². The number of anilines is 1. The monoisotopic (exact) mass is 547 g/mol. The first kappa shape index (κ1) is 29.0. The quantitative estimate of drug-likeness (QED) is 0.432. The van der Waals surface area contributed by atoms with Gasteiger partial charge in [0.05, 0.1) is 11.9 Å². The summed E-state index contributed by atoms with van der Waals surface area (Å²) in [5, 5.41) is 3.71. The molecular formula is C28H38ClN3O4S.